The predicted molar refractivity (Wildman–Crippen MR) is 109 cm³/mol. The van der Waals surface area contributed by atoms with Crippen LogP contribution in [0.4, 0.5) is 0 Å². The molecule has 1 aliphatic heterocycles. The minimum Gasteiger partial charge on any atom is -0.394 e. The van der Waals surface area contributed by atoms with Gasteiger partial charge in [-0.2, -0.15) is 0 Å². The second-order valence-corrected chi connectivity index (χ2v) is 7.90. The van der Waals surface area contributed by atoms with Crippen LogP contribution in [-0.2, 0) is 11.2 Å². The molecule has 0 radical (unpaired) electrons. The maximum absolute atomic E-state index is 10.4. The lowest BCUT2D eigenvalue weighted by molar-refractivity contribution is -0.231. The minimum absolute atomic E-state index is 0.306. The minimum atomic E-state index is -1.45. The van der Waals surface area contributed by atoms with Crippen molar-refractivity contribution in [3.63, 3.8) is 0 Å². The Labute approximate surface area is 177 Å². The van der Waals surface area contributed by atoms with Crippen molar-refractivity contribution >= 4 is 22.6 Å². The molecule has 30 heavy (non-hydrogen) atoms. The van der Waals surface area contributed by atoms with E-state index in [4.69, 9.17) is 16.3 Å². The standard InChI is InChI=1S/C21H22ClN3O5/c1-10-2-5-14-15(6-10)24-25-17(23-14)8-12-7-11(3-4-13(12)22)21-20(29)19(28)18(27)16(9-26)30-21/h2-7,16,18-21,26-29H,8-9H2,1H3/t16-,18-,19+,20-,21+/m1/s1. The Kier molecular flexibility index (Phi) is 5.97. The van der Waals surface area contributed by atoms with Crippen molar-refractivity contribution in [2.45, 2.75) is 43.9 Å². The second kappa shape index (κ2) is 8.50. The van der Waals surface area contributed by atoms with E-state index in [-0.39, 0.29) is 0 Å². The van der Waals surface area contributed by atoms with Gasteiger partial charge in [-0.15, -0.1) is 10.2 Å². The Morgan fingerprint density at radius 3 is 2.53 bits per heavy atom. The number of fused-ring (bicyclic) bond motifs is 1. The van der Waals surface area contributed by atoms with E-state index in [0.717, 1.165) is 11.1 Å². The summed E-state index contributed by atoms with van der Waals surface area (Å²) in [5.41, 5.74) is 3.75. The van der Waals surface area contributed by atoms with E-state index in [0.29, 0.717) is 33.9 Å². The van der Waals surface area contributed by atoms with Crippen LogP contribution in [0.15, 0.2) is 36.4 Å². The number of ether oxygens (including phenoxy) is 1. The highest BCUT2D eigenvalue weighted by atomic mass is 35.5. The molecule has 4 rings (SSSR count). The molecule has 1 fully saturated rings. The monoisotopic (exact) mass is 431 g/mol. The van der Waals surface area contributed by atoms with Crippen molar-refractivity contribution in [2.24, 2.45) is 0 Å². The van der Waals surface area contributed by atoms with Crippen LogP contribution in [0, 0.1) is 6.92 Å². The molecule has 0 amide bonds. The van der Waals surface area contributed by atoms with Crippen LogP contribution in [0.5, 0.6) is 0 Å². The van der Waals surface area contributed by atoms with E-state index in [2.05, 4.69) is 15.2 Å². The molecule has 1 aliphatic rings. The third-order valence-electron chi connectivity index (χ3n) is 5.29. The van der Waals surface area contributed by atoms with Gasteiger partial charge in [-0.05, 0) is 41.8 Å². The van der Waals surface area contributed by atoms with E-state index in [1.54, 1.807) is 18.2 Å². The summed E-state index contributed by atoms with van der Waals surface area (Å²) in [4.78, 5) is 4.54. The first-order valence-electron chi connectivity index (χ1n) is 9.56. The normalized spacial score (nSPS) is 26.8. The number of benzene rings is 2. The van der Waals surface area contributed by atoms with Crippen LogP contribution in [0.25, 0.3) is 11.0 Å². The quantitative estimate of drug-likeness (QED) is 0.483. The molecule has 0 unspecified atom stereocenters. The Hall–Kier alpha value is -2.20. The first kappa shape index (κ1) is 21.0. The number of hydrogen-bond donors (Lipinski definition) is 4. The zero-order chi connectivity index (χ0) is 21.4. The largest absolute Gasteiger partial charge is 0.394 e. The molecule has 8 nitrogen and oxygen atoms in total. The number of hydrogen-bond acceptors (Lipinski definition) is 8. The molecular weight excluding hydrogens is 410 g/mol. The molecule has 158 valence electrons. The van der Waals surface area contributed by atoms with Gasteiger partial charge in [-0.25, -0.2) is 4.98 Å². The van der Waals surface area contributed by atoms with Gasteiger partial charge in [0.2, 0.25) is 0 Å². The Bertz CT molecular complexity index is 1060. The lowest BCUT2D eigenvalue weighted by Crippen LogP contribution is -2.55. The number of aryl methyl sites for hydroxylation is 1. The van der Waals surface area contributed by atoms with Crippen molar-refractivity contribution < 1.29 is 25.2 Å². The lowest BCUT2D eigenvalue weighted by atomic mass is 9.90. The molecule has 4 N–H and O–H groups in total. The summed E-state index contributed by atoms with van der Waals surface area (Å²) in [7, 11) is 0. The maximum atomic E-state index is 10.4. The molecular formula is C21H22ClN3O5. The third-order valence-corrected chi connectivity index (χ3v) is 5.66. The Balaban J connectivity index is 1.63. The first-order chi connectivity index (χ1) is 14.4. The molecule has 3 aromatic rings. The van der Waals surface area contributed by atoms with Crippen molar-refractivity contribution in [2.75, 3.05) is 6.61 Å². The van der Waals surface area contributed by atoms with Crippen LogP contribution in [0.2, 0.25) is 5.02 Å². The molecule has 0 bridgehead atoms. The fourth-order valence-electron chi connectivity index (χ4n) is 3.61. The molecule has 1 aromatic heterocycles. The van der Waals surface area contributed by atoms with E-state index in [1.165, 1.54) is 0 Å². The number of nitrogens with zero attached hydrogens (tertiary/aromatic N) is 3. The third kappa shape index (κ3) is 4.02. The zero-order valence-electron chi connectivity index (χ0n) is 16.2. The molecule has 0 saturated carbocycles. The average Bonchev–Trinajstić information content (AvgIpc) is 2.74. The smallest absolute Gasteiger partial charge is 0.156 e. The van der Waals surface area contributed by atoms with Crippen LogP contribution >= 0.6 is 11.6 Å². The highest BCUT2D eigenvalue weighted by Gasteiger charge is 2.44. The van der Waals surface area contributed by atoms with Crippen molar-refractivity contribution in [1.29, 1.82) is 0 Å². The number of aromatic nitrogens is 3. The van der Waals surface area contributed by atoms with Crippen LogP contribution < -0.4 is 0 Å². The van der Waals surface area contributed by atoms with Gasteiger partial charge < -0.3 is 25.2 Å². The Morgan fingerprint density at radius 1 is 0.967 bits per heavy atom. The van der Waals surface area contributed by atoms with Crippen LogP contribution in [0.1, 0.15) is 28.6 Å². The number of aliphatic hydroxyl groups is 4. The van der Waals surface area contributed by atoms with Gasteiger partial charge in [0.05, 0.1) is 12.1 Å². The fraction of sp³-hybridized carbons (Fsp3) is 0.381. The summed E-state index contributed by atoms with van der Waals surface area (Å²) >= 11 is 6.36. The van der Waals surface area contributed by atoms with E-state index >= 15 is 0 Å². The van der Waals surface area contributed by atoms with Gasteiger partial charge in [0, 0.05) is 11.4 Å². The van der Waals surface area contributed by atoms with Crippen molar-refractivity contribution in [3.05, 3.63) is 63.9 Å². The number of aliphatic hydroxyl groups excluding tert-OH is 4. The maximum Gasteiger partial charge on any atom is 0.156 e. The zero-order valence-corrected chi connectivity index (χ0v) is 16.9. The molecule has 5 atom stereocenters. The average molecular weight is 432 g/mol. The summed E-state index contributed by atoms with van der Waals surface area (Å²) in [6, 6.07) is 10.8. The second-order valence-electron chi connectivity index (χ2n) is 7.50. The molecule has 2 aromatic carbocycles. The van der Waals surface area contributed by atoms with Gasteiger partial charge in [0.15, 0.2) is 5.82 Å². The number of halogens is 1. The van der Waals surface area contributed by atoms with E-state index in [9.17, 15) is 20.4 Å². The Morgan fingerprint density at radius 2 is 1.77 bits per heavy atom. The van der Waals surface area contributed by atoms with E-state index < -0.39 is 37.1 Å². The molecule has 0 aliphatic carbocycles. The lowest BCUT2D eigenvalue weighted by Gasteiger charge is -2.40. The fourth-order valence-corrected chi connectivity index (χ4v) is 3.79. The van der Waals surface area contributed by atoms with Crippen LogP contribution in [0.3, 0.4) is 0 Å². The molecule has 1 saturated heterocycles. The summed E-state index contributed by atoms with van der Waals surface area (Å²) < 4.78 is 5.63. The van der Waals surface area contributed by atoms with Crippen LogP contribution in [-0.4, -0.2) is 66.6 Å². The molecule has 2 heterocycles. The summed E-state index contributed by atoms with van der Waals surface area (Å²) in [6.07, 6.45) is -5.83. The highest BCUT2D eigenvalue weighted by molar-refractivity contribution is 6.31. The summed E-state index contributed by atoms with van der Waals surface area (Å²) in [5.74, 6) is 0.485. The van der Waals surface area contributed by atoms with Crippen molar-refractivity contribution in [3.8, 4) is 0 Å². The van der Waals surface area contributed by atoms with Gasteiger partial charge >= 0.3 is 0 Å². The van der Waals surface area contributed by atoms with Gasteiger partial charge in [0.1, 0.15) is 36.0 Å². The van der Waals surface area contributed by atoms with Gasteiger partial charge in [0.25, 0.3) is 0 Å². The van der Waals surface area contributed by atoms with Gasteiger partial charge in [-0.1, -0.05) is 29.8 Å². The summed E-state index contributed by atoms with van der Waals surface area (Å²) in [5, 5.41) is 48.7. The SMILES string of the molecule is Cc1ccc2nc(Cc3cc([C@@H]4O[C@H](CO)[C@@H](O)[C@H](O)[C@H]4O)ccc3Cl)nnc2c1. The highest BCUT2D eigenvalue weighted by Crippen LogP contribution is 2.34. The predicted octanol–water partition coefficient (Wildman–Crippen LogP) is 1.09. The van der Waals surface area contributed by atoms with Crippen molar-refractivity contribution in [1.82, 2.24) is 15.2 Å². The summed E-state index contributed by atoms with van der Waals surface area (Å²) in [6.45, 7) is 1.48. The molecule has 9 heteroatoms. The first-order valence-corrected chi connectivity index (χ1v) is 9.94. The molecule has 0 spiro atoms. The van der Waals surface area contributed by atoms with E-state index in [1.807, 2.05) is 25.1 Å². The van der Waals surface area contributed by atoms with Gasteiger partial charge in [-0.3, -0.25) is 0 Å². The number of rotatable bonds is 4. The topological polar surface area (TPSA) is 129 Å².